The third kappa shape index (κ3) is 8.98. The molecule has 4 rings (SSSR count). The predicted molar refractivity (Wildman–Crippen MR) is 164 cm³/mol. The van der Waals surface area contributed by atoms with Gasteiger partial charge in [0.15, 0.2) is 0 Å². The van der Waals surface area contributed by atoms with E-state index in [0.717, 1.165) is 33.0 Å². The first-order valence-electron chi connectivity index (χ1n) is 13.5. The van der Waals surface area contributed by atoms with Gasteiger partial charge in [0.1, 0.15) is 34.7 Å². The van der Waals surface area contributed by atoms with Crippen molar-refractivity contribution in [2.75, 3.05) is 13.2 Å². The lowest BCUT2D eigenvalue weighted by Gasteiger charge is -2.09. The summed E-state index contributed by atoms with van der Waals surface area (Å²) in [7, 11) is 0. The molecule has 0 amide bonds. The molecule has 0 radical (unpaired) electrons. The Balaban J connectivity index is 1.35. The quantitative estimate of drug-likeness (QED) is 0.0595. The molecule has 0 aliphatic heterocycles. The zero-order chi connectivity index (χ0) is 30.9. The summed E-state index contributed by atoms with van der Waals surface area (Å²) in [5, 5.41) is 19.0. The van der Waals surface area contributed by atoms with Crippen molar-refractivity contribution in [3.05, 3.63) is 88.6 Å². The fraction of sp³-hybridized carbons (Fsp3) is 0.250. The van der Waals surface area contributed by atoms with E-state index >= 15 is 0 Å². The number of ether oxygens (including phenoxy) is 2. The van der Waals surface area contributed by atoms with Gasteiger partial charge in [-0.1, -0.05) is 61.0 Å². The molecule has 1 unspecified atom stereocenters. The van der Waals surface area contributed by atoms with Crippen LogP contribution in [-0.4, -0.2) is 45.2 Å². The highest BCUT2D eigenvalue weighted by Crippen LogP contribution is 2.36. The maximum absolute atomic E-state index is 13.5. The largest absolute Gasteiger partial charge is 0.494 e. The van der Waals surface area contributed by atoms with Gasteiger partial charge in [-0.15, -0.1) is 11.8 Å². The van der Waals surface area contributed by atoms with Crippen LogP contribution >= 0.6 is 23.4 Å². The Kier molecular flexibility index (Phi) is 11.1. The van der Waals surface area contributed by atoms with Crippen molar-refractivity contribution in [3.8, 4) is 11.5 Å². The van der Waals surface area contributed by atoms with Gasteiger partial charge in [0.2, 0.25) is 0 Å². The SMILES string of the molecule is CC(CC(=O)O)Sc1cn(CC(=O)O)c2c(/C=C/c3ccc(OCCCCOc4cc(F)cc(F)c4Cl)cc3)cccc12. The summed E-state index contributed by atoms with van der Waals surface area (Å²) < 4.78 is 39.7. The third-order valence-corrected chi connectivity index (χ3v) is 7.86. The van der Waals surface area contributed by atoms with E-state index in [-0.39, 0.29) is 35.6 Å². The molecule has 1 atom stereocenters. The number of halogens is 3. The second-order valence-electron chi connectivity index (χ2n) is 9.79. The predicted octanol–water partition coefficient (Wildman–Crippen LogP) is 8.02. The number of hydrogen-bond acceptors (Lipinski definition) is 5. The molecule has 226 valence electrons. The van der Waals surface area contributed by atoms with E-state index in [9.17, 15) is 23.5 Å². The fourth-order valence-corrected chi connectivity index (χ4v) is 5.74. The maximum Gasteiger partial charge on any atom is 0.323 e. The van der Waals surface area contributed by atoms with Crippen molar-refractivity contribution < 1.29 is 38.1 Å². The summed E-state index contributed by atoms with van der Waals surface area (Å²) in [4.78, 5) is 23.5. The molecule has 0 bridgehead atoms. The summed E-state index contributed by atoms with van der Waals surface area (Å²) >= 11 is 7.21. The molecule has 0 aliphatic carbocycles. The fourth-order valence-electron chi connectivity index (χ4n) is 4.43. The minimum atomic E-state index is -0.972. The van der Waals surface area contributed by atoms with Gasteiger partial charge in [-0.2, -0.15) is 0 Å². The number of hydrogen-bond donors (Lipinski definition) is 2. The molecule has 0 spiro atoms. The van der Waals surface area contributed by atoms with Crippen LogP contribution in [0.1, 0.15) is 37.3 Å². The van der Waals surface area contributed by atoms with Crippen LogP contribution in [0.3, 0.4) is 0 Å². The van der Waals surface area contributed by atoms with Gasteiger partial charge in [0, 0.05) is 33.9 Å². The standard InChI is InChI=1S/C32H30ClF2NO6S/c1-20(15-29(37)38)43-28-18-36(19-30(39)40)32-22(5-4-6-25(28)32)10-7-21-8-11-24(12-9-21)41-13-2-3-14-42-27-17-23(34)16-26(35)31(27)33/h4-12,16-18,20H,2-3,13-15,19H2,1H3,(H,37,38)(H,39,40)/b10-7+. The van der Waals surface area contributed by atoms with Crippen LogP contribution in [0.15, 0.2) is 65.7 Å². The Morgan fingerprint density at radius 3 is 2.42 bits per heavy atom. The summed E-state index contributed by atoms with van der Waals surface area (Å²) in [6, 6.07) is 15.0. The van der Waals surface area contributed by atoms with Gasteiger partial charge in [0.25, 0.3) is 0 Å². The lowest BCUT2D eigenvalue weighted by Crippen LogP contribution is -2.08. The Labute approximate surface area is 256 Å². The monoisotopic (exact) mass is 629 g/mol. The lowest BCUT2D eigenvalue weighted by atomic mass is 10.1. The highest BCUT2D eigenvalue weighted by Gasteiger charge is 2.17. The average Bonchev–Trinajstić information content (AvgIpc) is 3.28. The summed E-state index contributed by atoms with van der Waals surface area (Å²) in [5.74, 6) is -2.82. The molecule has 1 heterocycles. The number of nitrogens with zero attached hydrogens (tertiary/aromatic N) is 1. The van der Waals surface area contributed by atoms with E-state index in [4.69, 9.17) is 26.2 Å². The van der Waals surface area contributed by atoms with Gasteiger partial charge in [-0.05, 0) is 36.1 Å². The molecule has 11 heteroatoms. The minimum absolute atomic E-state index is 0.00180. The van der Waals surface area contributed by atoms with E-state index in [1.807, 2.05) is 61.5 Å². The molecule has 4 aromatic rings. The normalized spacial score (nSPS) is 12.1. The van der Waals surface area contributed by atoms with E-state index in [2.05, 4.69) is 0 Å². The maximum atomic E-state index is 13.5. The second kappa shape index (κ2) is 14.9. The number of carbonyl (C=O) groups is 2. The van der Waals surface area contributed by atoms with Gasteiger partial charge in [-0.3, -0.25) is 9.59 Å². The van der Waals surface area contributed by atoms with E-state index in [1.165, 1.54) is 11.8 Å². The number of carboxylic acid groups (broad SMARTS) is 2. The van der Waals surface area contributed by atoms with Crippen LogP contribution in [0.5, 0.6) is 11.5 Å². The van der Waals surface area contributed by atoms with Gasteiger partial charge < -0.3 is 24.3 Å². The first-order chi connectivity index (χ1) is 20.6. The smallest absolute Gasteiger partial charge is 0.323 e. The lowest BCUT2D eigenvalue weighted by molar-refractivity contribution is -0.138. The molecular formula is C32H30ClF2NO6S. The molecule has 43 heavy (non-hydrogen) atoms. The van der Waals surface area contributed by atoms with Gasteiger partial charge in [-0.25, -0.2) is 8.78 Å². The first kappa shape index (κ1) is 31.9. The average molecular weight is 630 g/mol. The number of unbranched alkanes of at least 4 members (excludes halogenated alkanes) is 1. The number of aliphatic carboxylic acids is 2. The van der Waals surface area contributed by atoms with Crippen LogP contribution < -0.4 is 9.47 Å². The molecular weight excluding hydrogens is 600 g/mol. The zero-order valence-electron chi connectivity index (χ0n) is 23.3. The Bertz CT molecular complexity index is 1620. The van der Waals surface area contributed by atoms with Crippen molar-refractivity contribution in [2.24, 2.45) is 0 Å². The molecule has 3 aromatic carbocycles. The van der Waals surface area contributed by atoms with Crippen LogP contribution in [0.25, 0.3) is 23.1 Å². The third-order valence-electron chi connectivity index (χ3n) is 6.35. The molecule has 0 saturated carbocycles. The molecule has 0 fully saturated rings. The number of rotatable bonds is 15. The molecule has 7 nitrogen and oxygen atoms in total. The topological polar surface area (TPSA) is 98.0 Å². The molecule has 1 aromatic heterocycles. The van der Waals surface area contributed by atoms with Crippen LogP contribution in [-0.2, 0) is 16.1 Å². The highest BCUT2D eigenvalue weighted by atomic mass is 35.5. The van der Waals surface area contributed by atoms with E-state index < -0.39 is 23.6 Å². The van der Waals surface area contributed by atoms with Crippen LogP contribution in [0.2, 0.25) is 5.02 Å². The van der Waals surface area contributed by atoms with Crippen molar-refractivity contribution in [3.63, 3.8) is 0 Å². The number of para-hydroxylation sites is 1. The summed E-state index contributed by atoms with van der Waals surface area (Å²) in [6.45, 7) is 2.28. The number of thioether (sulfide) groups is 1. The van der Waals surface area contributed by atoms with Crippen LogP contribution in [0.4, 0.5) is 8.78 Å². The molecule has 2 N–H and O–H groups in total. The highest BCUT2D eigenvalue weighted by molar-refractivity contribution is 8.00. The van der Waals surface area contributed by atoms with Gasteiger partial charge >= 0.3 is 11.9 Å². The van der Waals surface area contributed by atoms with E-state index in [1.54, 1.807) is 10.8 Å². The van der Waals surface area contributed by atoms with Crippen LogP contribution in [0, 0.1) is 11.6 Å². The number of carboxylic acids is 2. The Morgan fingerprint density at radius 2 is 1.72 bits per heavy atom. The Morgan fingerprint density at radius 1 is 1.00 bits per heavy atom. The van der Waals surface area contributed by atoms with Crippen molar-refractivity contribution in [1.82, 2.24) is 4.57 Å². The first-order valence-corrected chi connectivity index (χ1v) is 14.8. The van der Waals surface area contributed by atoms with Gasteiger partial charge in [0.05, 0.1) is 25.2 Å². The number of fused-ring (bicyclic) bond motifs is 1. The minimum Gasteiger partial charge on any atom is -0.494 e. The van der Waals surface area contributed by atoms with Crippen molar-refractivity contribution in [1.29, 1.82) is 0 Å². The van der Waals surface area contributed by atoms with E-state index in [0.29, 0.717) is 31.3 Å². The summed E-state index contributed by atoms with van der Waals surface area (Å²) in [6.07, 6.45) is 6.87. The summed E-state index contributed by atoms with van der Waals surface area (Å²) in [5.41, 5.74) is 2.51. The number of aromatic nitrogens is 1. The number of benzene rings is 3. The van der Waals surface area contributed by atoms with Crippen molar-refractivity contribution >= 4 is 58.4 Å². The molecule has 0 saturated heterocycles. The molecule has 0 aliphatic rings. The van der Waals surface area contributed by atoms with Crippen molar-refractivity contribution in [2.45, 2.75) is 42.9 Å². The second-order valence-corrected chi connectivity index (χ2v) is 11.6. The zero-order valence-corrected chi connectivity index (χ0v) is 24.8. The Hall–Kier alpha value is -4.02.